The molecule has 4 heteroatoms. The number of nitrogens with zero attached hydrogens (tertiary/aromatic N) is 1. The lowest BCUT2D eigenvalue weighted by Crippen LogP contribution is -2.15. The molecule has 1 saturated carbocycles. The maximum absolute atomic E-state index is 12.0. The van der Waals surface area contributed by atoms with Gasteiger partial charge in [-0.3, -0.25) is 4.79 Å². The molecule has 4 nitrogen and oxygen atoms in total. The first-order valence-corrected chi connectivity index (χ1v) is 6.01. The van der Waals surface area contributed by atoms with Crippen molar-refractivity contribution in [2.24, 2.45) is 5.92 Å². The molecule has 2 heterocycles. The highest BCUT2D eigenvalue weighted by molar-refractivity contribution is 5.94. The maximum Gasteiger partial charge on any atom is 0.229 e. The molecule has 2 aromatic heterocycles. The molecule has 1 N–H and O–H groups in total. The van der Waals surface area contributed by atoms with Crippen molar-refractivity contribution in [1.29, 1.82) is 0 Å². The molecule has 0 aliphatic heterocycles. The molecule has 0 radical (unpaired) electrons. The van der Waals surface area contributed by atoms with Gasteiger partial charge in [0.1, 0.15) is 11.6 Å². The van der Waals surface area contributed by atoms with Crippen LogP contribution in [0.25, 0.3) is 0 Å². The zero-order valence-electron chi connectivity index (χ0n) is 10.1. The number of pyridine rings is 1. The monoisotopic (exact) mass is 242 g/mol. The Hall–Kier alpha value is -2.10. The Morgan fingerprint density at radius 3 is 3.00 bits per heavy atom. The molecule has 0 aromatic carbocycles. The van der Waals surface area contributed by atoms with Crippen molar-refractivity contribution in [1.82, 2.24) is 4.98 Å². The van der Waals surface area contributed by atoms with Crippen molar-refractivity contribution in [3.8, 4) is 0 Å². The van der Waals surface area contributed by atoms with E-state index in [-0.39, 0.29) is 17.7 Å². The van der Waals surface area contributed by atoms with Gasteiger partial charge in [0, 0.05) is 18.0 Å². The molecule has 2 aromatic rings. The van der Waals surface area contributed by atoms with Gasteiger partial charge >= 0.3 is 0 Å². The molecule has 3 rings (SSSR count). The molecule has 1 aliphatic carbocycles. The van der Waals surface area contributed by atoms with E-state index >= 15 is 0 Å². The minimum Gasteiger partial charge on any atom is -0.469 e. The predicted molar refractivity (Wildman–Crippen MR) is 67.2 cm³/mol. The van der Waals surface area contributed by atoms with Gasteiger partial charge in [-0.15, -0.1) is 0 Å². The van der Waals surface area contributed by atoms with E-state index in [0.29, 0.717) is 5.82 Å². The number of aromatic nitrogens is 1. The first kappa shape index (κ1) is 11.0. The third kappa shape index (κ3) is 2.14. The highest BCUT2D eigenvalue weighted by Gasteiger charge is 2.45. The van der Waals surface area contributed by atoms with Crippen molar-refractivity contribution in [3.63, 3.8) is 0 Å². The zero-order chi connectivity index (χ0) is 12.5. The van der Waals surface area contributed by atoms with Crippen LogP contribution < -0.4 is 5.32 Å². The Bertz CT molecular complexity index is 546. The Balaban J connectivity index is 1.62. The molecule has 18 heavy (non-hydrogen) atoms. The van der Waals surface area contributed by atoms with Crippen molar-refractivity contribution in [3.05, 3.63) is 48.0 Å². The van der Waals surface area contributed by atoms with E-state index in [0.717, 1.165) is 17.7 Å². The van der Waals surface area contributed by atoms with Crippen LogP contribution in [0.3, 0.4) is 0 Å². The molecule has 1 aliphatic rings. The van der Waals surface area contributed by atoms with Crippen LogP contribution in [0.2, 0.25) is 0 Å². The van der Waals surface area contributed by atoms with Crippen LogP contribution in [0.15, 0.2) is 41.1 Å². The number of furan rings is 1. The molecular weight excluding hydrogens is 228 g/mol. The first-order valence-electron chi connectivity index (χ1n) is 6.01. The largest absolute Gasteiger partial charge is 0.469 e. The number of anilines is 1. The van der Waals surface area contributed by atoms with Gasteiger partial charge in [-0.25, -0.2) is 4.98 Å². The number of hydrogen-bond acceptors (Lipinski definition) is 3. The molecule has 1 amide bonds. The van der Waals surface area contributed by atoms with Crippen LogP contribution in [0.1, 0.15) is 23.7 Å². The summed E-state index contributed by atoms with van der Waals surface area (Å²) in [6.07, 6.45) is 4.24. The lowest BCUT2D eigenvalue weighted by molar-refractivity contribution is -0.117. The number of carbonyl (C=O) groups is 1. The van der Waals surface area contributed by atoms with Crippen molar-refractivity contribution < 1.29 is 9.21 Å². The second-order valence-corrected chi connectivity index (χ2v) is 4.67. The van der Waals surface area contributed by atoms with Crippen LogP contribution in [0.4, 0.5) is 5.82 Å². The van der Waals surface area contributed by atoms with E-state index in [1.54, 1.807) is 12.5 Å². The Labute approximate surface area is 105 Å². The van der Waals surface area contributed by atoms with Gasteiger partial charge in [0.2, 0.25) is 5.91 Å². The number of nitrogens with one attached hydrogen (secondary N) is 1. The van der Waals surface area contributed by atoms with Gasteiger partial charge in [0.25, 0.3) is 0 Å². The summed E-state index contributed by atoms with van der Waals surface area (Å²) in [7, 11) is 0. The van der Waals surface area contributed by atoms with Gasteiger partial charge in [-0.05, 0) is 37.1 Å². The summed E-state index contributed by atoms with van der Waals surface area (Å²) in [5, 5.41) is 2.83. The highest BCUT2D eigenvalue weighted by Crippen LogP contribution is 2.48. The first-order chi connectivity index (χ1) is 8.74. The summed E-state index contributed by atoms with van der Waals surface area (Å²) >= 11 is 0. The summed E-state index contributed by atoms with van der Waals surface area (Å²) in [5.41, 5.74) is 1.08. The van der Waals surface area contributed by atoms with Gasteiger partial charge in [-0.2, -0.15) is 0 Å². The second-order valence-electron chi connectivity index (χ2n) is 4.67. The summed E-state index contributed by atoms with van der Waals surface area (Å²) in [5.74, 6) is 1.76. The average Bonchev–Trinajstić information content (AvgIpc) is 2.99. The Kier molecular flexibility index (Phi) is 2.63. The highest BCUT2D eigenvalue weighted by atomic mass is 16.3. The Morgan fingerprint density at radius 2 is 2.33 bits per heavy atom. The standard InChI is InChI=1S/C14H14N2O2/c1-9-4-5-13(15-8-9)16-14(17)11-7-10(11)12-3-2-6-18-12/h2-6,8,10-11H,7H2,1H3,(H,15,16,17)/t10-,11+/m1/s1. The quantitative estimate of drug-likeness (QED) is 0.900. The van der Waals surface area contributed by atoms with E-state index in [4.69, 9.17) is 4.42 Å². The number of hydrogen-bond donors (Lipinski definition) is 1. The van der Waals surface area contributed by atoms with Crippen LogP contribution in [-0.2, 0) is 4.79 Å². The molecule has 1 fully saturated rings. The number of aryl methyl sites for hydroxylation is 1. The molecule has 2 atom stereocenters. The van der Waals surface area contributed by atoms with E-state index < -0.39 is 0 Å². The van der Waals surface area contributed by atoms with Gasteiger partial charge in [0.05, 0.1) is 6.26 Å². The topological polar surface area (TPSA) is 55.1 Å². The lowest BCUT2D eigenvalue weighted by Gasteiger charge is -2.03. The van der Waals surface area contributed by atoms with Crippen molar-refractivity contribution in [2.45, 2.75) is 19.3 Å². The zero-order valence-corrected chi connectivity index (χ0v) is 10.1. The van der Waals surface area contributed by atoms with Crippen molar-refractivity contribution in [2.75, 3.05) is 5.32 Å². The minimum absolute atomic E-state index is 0.0132. The van der Waals surface area contributed by atoms with Crippen LogP contribution in [0, 0.1) is 12.8 Å². The fraction of sp³-hybridized carbons (Fsp3) is 0.286. The molecule has 0 saturated heterocycles. The van der Waals surface area contributed by atoms with E-state index in [2.05, 4.69) is 10.3 Å². The summed E-state index contributed by atoms with van der Waals surface area (Å²) in [6.45, 7) is 1.96. The summed E-state index contributed by atoms with van der Waals surface area (Å²) < 4.78 is 5.31. The van der Waals surface area contributed by atoms with Crippen LogP contribution in [-0.4, -0.2) is 10.9 Å². The predicted octanol–water partition coefficient (Wildman–Crippen LogP) is 2.73. The van der Waals surface area contributed by atoms with Gasteiger partial charge in [0.15, 0.2) is 0 Å². The third-order valence-corrected chi connectivity index (χ3v) is 3.20. The fourth-order valence-corrected chi connectivity index (χ4v) is 2.06. The second kappa shape index (κ2) is 4.29. The average molecular weight is 242 g/mol. The van der Waals surface area contributed by atoms with Crippen molar-refractivity contribution >= 4 is 11.7 Å². The number of rotatable bonds is 3. The fourth-order valence-electron chi connectivity index (χ4n) is 2.06. The number of amides is 1. The molecule has 0 spiro atoms. The van der Waals surface area contributed by atoms with Gasteiger partial charge < -0.3 is 9.73 Å². The normalized spacial score (nSPS) is 21.6. The minimum atomic E-state index is 0.0132. The molecule has 92 valence electrons. The van der Waals surface area contributed by atoms with E-state index in [1.807, 2.05) is 31.2 Å². The SMILES string of the molecule is Cc1ccc(NC(=O)[C@H]2C[C@H]2c2ccco2)nc1. The smallest absolute Gasteiger partial charge is 0.229 e. The summed E-state index contributed by atoms with van der Waals surface area (Å²) in [4.78, 5) is 16.1. The van der Waals surface area contributed by atoms with Crippen LogP contribution >= 0.6 is 0 Å². The number of carbonyl (C=O) groups excluding carboxylic acids is 1. The maximum atomic E-state index is 12.0. The molecule has 0 unspecified atom stereocenters. The molecular formula is C14H14N2O2. The van der Waals surface area contributed by atoms with Crippen LogP contribution in [0.5, 0.6) is 0 Å². The third-order valence-electron chi connectivity index (χ3n) is 3.20. The lowest BCUT2D eigenvalue weighted by atomic mass is 10.2. The Morgan fingerprint density at radius 1 is 1.44 bits per heavy atom. The molecule has 0 bridgehead atoms. The van der Waals surface area contributed by atoms with Gasteiger partial charge in [-0.1, -0.05) is 6.07 Å². The van der Waals surface area contributed by atoms with E-state index in [1.165, 1.54) is 0 Å². The van der Waals surface area contributed by atoms with E-state index in [9.17, 15) is 4.79 Å². The summed E-state index contributed by atoms with van der Waals surface area (Å²) in [6, 6.07) is 7.52.